The summed E-state index contributed by atoms with van der Waals surface area (Å²) in [5.74, 6) is -71.4. The molecule has 0 aliphatic rings. The first-order valence-corrected chi connectivity index (χ1v) is 17.7. The summed E-state index contributed by atoms with van der Waals surface area (Å²) >= 11 is 0. The van der Waals surface area contributed by atoms with Gasteiger partial charge in [0.15, 0.2) is 69.8 Å². The van der Waals surface area contributed by atoms with Crippen molar-refractivity contribution in [2.75, 3.05) is 0 Å². The number of halogens is 20. The lowest BCUT2D eigenvalue weighted by atomic mass is 9.12. The van der Waals surface area contributed by atoms with Gasteiger partial charge in [-0.1, -0.05) is 0 Å². The predicted octanol–water partition coefficient (Wildman–Crippen LogP) is 10.4. The fraction of sp³-hybridized carbons (Fsp3) is 0.333. The molecule has 4 rings (SSSR count). The molecular weight excluding hydrogens is 854 g/mol. The average Bonchev–Trinajstić information content (AvgIpc) is 3.09. The highest BCUT2D eigenvalue weighted by Gasteiger charge is 2.53. The van der Waals surface area contributed by atoms with E-state index in [9.17, 15) is 52.7 Å². The van der Waals surface area contributed by atoms with Gasteiger partial charge in [-0.25, -0.2) is 87.8 Å². The molecule has 0 atom stereocenters. The molecule has 4 aromatic rings. The van der Waals surface area contributed by atoms with Crippen LogP contribution in [0.2, 0.25) is 0 Å². The van der Waals surface area contributed by atoms with Crippen molar-refractivity contribution in [3.63, 3.8) is 0 Å². The molecule has 320 valence electrons. The maximum atomic E-state index is 15.4. The topological polar surface area (TPSA) is 0 Å². The third kappa shape index (κ3) is 7.52. The van der Waals surface area contributed by atoms with E-state index in [0.29, 0.717) is 15.5 Å². The molecule has 0 radical (unpaired) electrons. The van der Waals surface area contributed by atoms with Crippen LogP contribution in [0.3, 0.4) is 0 Å². The SMILES string of the molecule is CC(C)(C)[PH+](C(C)(C)C)C(C)(C)C.Fc1c(F)c(F)c([B-](c2c(F)c(F)c(F)c(F)c2F)(c2c(F)c(F)c(F)c(F)c2F)c2c(F)c(F)c(F)c(F)c2F)c(F)c1F. The number of benzene rings is 4. The van der Waals surface area contributed by atoms with E-state index in [4.69, 9.17) is 0 Å². The molecule has 0 aromatic heterocycles. The fourth-order valence-electron chi connectivity index (χ4n) is 8.25. The molecule has 0 aliphatic carbocycles. The maximum absolute atomic E-state index is 15.4. The normalized spacial score (nSPS) is 12.7. The first-order chi connectivity index (χ1) is 26.1. The summed E-state index contributed by atoms with van der Waals surface area (Å²) in [5.41, 5.74) is -14.3. The average molecular weight is 882 g/mol. The highest BCUT2D eigenvalue weighted by molar-refractivity contribution is 7.62. The minimum Gasteiger partial charge on any atom is -0.207 e. The van der Waals surface area contributed by atoms with Gasteiger partial charge in [0.25, 0.3) is 0 Å². The first kappa shape index (κ1) is 48.3. The quantitative estimate of drug-likeness (QED) is 0.0630. The van der Waals surface area contributed by atoms with Crippen LogP contribution in [0.4, 0.5) is 87.8 Å². The van der Waals surface area contributed by atoms with Crippen LogP contribution in [0.15, 0.2) is 0 Å². The van der Waals surface area contributed by atoms with Gasteiger partial charge < -0.3 is 0 Å². The van der Waals surface area contributed by atoms with Gasteiger partial charge in [0, 0.05) is 7.92 Å². The van der Waals surface area contributed by atoms with Gasteiger partial charge in [-0.15, -0.1) is 21.9 Å². The zero-order valence-electron chi connectivity index (χ0n) is 31.1. The Labute approximate surface area is 317 Å². The van der Waals surface area contributed by atoms with E-state index in [1.54, 1.807) is 0 Å². The molecule has 58 heavy (non-hydrogen) atoms. The van der Waals surface area contributed by atoms with Crippen molar-refractivity contribution in [2.45, 2.75) is 77.8 Å². The number of hydrogen-bond donors (Lipinski definition) is 0. The minimum atomic E-state index is -7.22. The Balaban J connectivity index is 0.000000594. The standard InChI is InChI=1S/C24BF20.C12H27P/c26-5-1(6(27)14(35)21(42)13(5)34)25(2-7(28)15(36)22(43)16(37)8(2)29,3-9(30)17(38)23(44)18(39)10(3)31)4-11(32)19(40)24(45)20(41)12(4)33;1-10(2,3)13(11(4,5)6)12(7,8)9/h;1-9H3/q-1;/p+1. The van der Waals surface area contributed by atoms with Crippen LogP contribution in [-0.4, -0.2) is 21.6 Å². The Morgan fingerprint density at radius 2 is 0.328 bits per heavy atom. The Kier molecular flexibility index (Phi) is 13.2. The maximum Gasteiger partial charge on any atom is 0.200 e. The van der Waals surface area contributed by atoms with Crippen molar-refractivity contribution in [2.24, 2.45) is 0 Å². The van der Waals surface area contributed by atoms with Gasteiger partial charge in [0.1, 0.15) is 52.7 Å². The molecule has 22 heteroatoms. The number of hydrogen-bond acceptors (Lipinski definition) is 0. The van der Waals surface area contributed by atoms with E-state index < -0.39 is 152 Å². The van der Waals surface area contributed by atoms with E-state index in [1.165, 1.54) is 0 Å². The van der Waals surface area contributed by atoms with E-state index in [-0.39, 0.29) is 0 Å². The Bertz CT molecular complexity index is 1890. The minimum absolute atomic E-state index is 0.391. The van der Waals surface area contributed by atoms with Crippen molar-refractivity contribution in [1.29, 1.82) is 0 Å². The Hall–Kier alpha value is -4.03. The second-order valence-corrected chi connectivity index (χ2v) is 21.2. The summed E-state index contributed by atoms with van der Waals surface area (Å²) in [7, 11) is -0.391. The molecule has 0 nitrogen and oxygen atoms in total. The largest absolute Gasteiger partial charge is 0.207 e. The molecule has 0 saturated carbocycles. The first-order valence-electron chi connectivity index (χ1n) is 16.2. The van der Waals surface area contributed by atoms with Crippen LogP contribution < -0.4 is 21.9 Å². The summed E-state index contributed by atoms with van der Waals surface area (Å²) in [6.07, 6.45) is -7.22. The van der Waals surface area contributed by atoms with Crippen molar-refractivity contribution >= 4 is 35.9 Å². The Morgan fingerprint density at radius 1 is 0.224 bits per heavy atom. The molecule has 0 N–H and O–H groups in total. The molecule has 4 aromatic carbocycles. The van der Waals surface area contributed by atoms with Crippen molar-refractivity contribution in [3.05, 3.63) is 116 Å². The van der Waals surface area contributed by atoms with Crippen LogP contribution in [0.1, 0.15) is 62.3 Å². The lowest BCUT2D eigenvalue weighted by Crippen LogP contribution is -2.81. The lowest BCUT2D eigenvalue weighted by Gasteiger charge is -2.44. The van der Waals surface area contributed by atoms with Crippen LogP contribution >= 0.6 is 7.92 Å². The summed E-state index contributed by atoms with van der Waals surface area (Å²) < 4.78 is 294. The third-order valence-electron chi connectivity index (χ3n) is 8.96. The molecule has 0 heterocycles. The lowest BCUT2D eigenvalue weighted by molar-refractivity contribution is 0.378. The van der Waals surface area contributed by atoms with Gasteiger partial charge in [0.05, 0.1) is 15.5 Å². The Morgan fingerprint density at radius 3 is 0.414 bits per heavy atom. The summed E-state index contributed by atoms with van der Waals surface area (Å²) in [5, 5.41) is 1.46. The van der Waals surface area contributed by atoms with E-state index in [1.807, 2.05) is 0 Å². The summed E-state index contributed by atoms with van der Waals surface area (Å²) in [4.78, 5) is 0. The zero-order chi connectivity index (χ0) is 45.4. The highest BCUT2D eigenvalue weighted by Crippen LogP contribution is 2.67. The highest BCUT2D eigenvalue weighted by atomic mass is 31.1. The van der Waals surface area contributed by atoms with Crippen molar-refractivity contribution in [3.8, 4) is 0 Å². The van der Waals surface area contributed by atoms with Crippen molar-refractivity contribution < 1.29 is 87.8 Å². The second kappa shape index (κ2) is 15.9. The third-order valence-corrected chi connectivity index (χ3v) is 13.5. The molecule has 0 aliphatic heterocycles. The van der Waals surface area contributed by atoms with Gasteiger partial charge in [-0.3, -0.25) is 0 Å². The molecule has 0 fully saturated rings. The van der Waals surface area contributed by atoms with Gasteiger partial charge in [0.2, 0.25) is 0 Å². The zero-order valence-corrected chi connectivity index (χ0v) is 32.1. The van der Waals surface area contributed by atoms with E-state index >= 15 is 35.1 Å². The van der Waals surface area contributed by atoms with E-state index in [2.05, 4.69) is 62.3 Å². The molecule has 0 bridgehead atoms. The van der Waals surface area contributed by atoms with Crippen LogP contribution in [-0.2, 0) is 0 Å². The van der Waals surface area contributed by atoms with Crippen molar-refractivity contribution in [1.82, 2.24) is 0 Å². The van der Waals surface area contributed by atoms with Gasteiger partial charge >= 0.3 is 0 Å². The van der Waals surface area contributed by atoms with Crippen LogP contribution in [0, 0.1) is 116 Å². The molecule has 0 amide bonds. The second-order valence-electron chi connectivity index (χ2n) is 15.9. The molecule has 0 unspecified atom stereocenters. The predicted molar refractivity (Wildman–Crippen MR) is 177 cm³/mol. The van der Waals surface area contributed by atoms with Crippen LogP contribution in [0.5, 0.6) is 0 Å². The van der Waals surface area contributed by atoms with E-state index in [0.717, 1.165) is 0 Å². The van der Waals surface area contributed by atoms with Gasteiger partial charge in [-0.2, -0.15) is 0 Å². The molecule has 0 spiro atoms. The molecule has 0 saturated heterocycles. The van der Waals surface area contributed by atoms with Gasteiger partial charge in [-0.05, 0) is 62.3 Å². The summed E-state index contributed by atoms with van der Waals surface area (Å²) in [6.45, 7) is 21.6. The number of rotatable bonds is 4. The monoisotopic (exact) mass is 882 g/mol. The van der Waals surface area contributed by atoms with Crippen LogP contribution in [0.25, 0.3) is 0 Å². The smallest absolute Gasteiger partial charge is 0.200 e. The fourth-order valence-corrected chi connectivity index (χ4v) is 15.0. The summed E-state index contributed by atoms with van der Waals surface area (Å²) in [6, 6.07) is 0. The molecular formula is C36H28BF20P.